The van der Waals surface area contributed by atoms with E-state index >= 15 is 0 Å². The molecule has 0 bridgehead atoms. The Morgan fingerprint density at radius 1 is 1.03 bits per heavy atom. The van der Waals surface area contributed by atoms with Crippen molar-refractivity contribution >= 4 is 20.9 Å². The molecule has 3 atom stereocenters. The Labute approximate surface area is 171 Å². The van der Waals surface area contributed by atoms with Gasteiger partial charge in [-0.05, 0) is 49.4 Å². The maximum Gasteiger partial charge on any atom is 0.243 e. The Morgan fingerprint density at radius 3 is 2.66 bits per heavy atom. The molecule has 1 aromatic heterocycles. The molecular formula is C23H25N3O2S. The summed E-state index contributed by atoms with van der Waals surface area (Å²) >= 11 is 0. The Kier molecular flexibility index (Phi) is 3.77. The van der Waals surface area contributed by atoms with Gasteiger partial charge in [-0.3, -0.25) is 4.90 Å². The van der Waals surface area contributed by atoms with Gasteiger partial charge in [0.15, 0.2) is 0 Å². The number of H-pyrrole nitrogens is 1. The predicted molar refractivity (Wildman–Crippen MR) is 113 cm³/mol. The second-order valence-electron chi connectivity index (χ2n) is 8.86. The van der Waals surface area contributed by atoms with Crippen LogP contribution in [-0.4, -0.2) is 47.8 Å². The first-order chi connectivity index (χ1) is 14.0. The van der Waals surface area contributed by atoms with E-state index < -0.39 is 10.0 Å². The summed E-state index contributed by atoms with van der Waals surface area (Å²) in [6, 6.07) is 16.6. The van der Waals surface area contributed by atoms with Gasteiger partial charge < -0.3 is 4.98 Å². The Morgan fingerprint density at radius 2 is 1.83 bits per heavy atom. The number of aromatic nitrogens is 1. The third kappa shape index (κ3) is 2.62. The third-order valence-corrected chi connectivity index (χ3v) is 9.03. The first-order valence-electron chi connectivity index (χ1n) is 10.4. The molecule has 0 aliphatic carbocycles. The van der Waals surface area contributed by atoms with Crippen LogP contribution >= 0.6 is 0 Å². The molecular weight excluding hydrogens is 382 g/mol. The van der Waals surface area contributed by atoms with Crippen LogP contribution in [0.1, 0.15) is 23.2 Å². The van der Waals surface area contributed by atoms with Crippen molar-refractivity contribution in [1.82, 2.24) is 14.2 Å². The summed E-state index contributed by atoms with van der Waals surface area (Å²) in [4.78, 5) is 6.58. The van der Waals surface area contributed by atoms with Gasteiger partial charge >= 0.3 is 0 Å². The molecule has 1 unspecified atom stereocenters. The van der Waals surface area contributed by atoms with Crippen LogP contribution in [0.3, 0.4) is 0 Å². The number of hydrogen-bond donors (Lipinski definition) is 1. The quantitative estimate of drug-likeness (QED) is 0.709. The van der Waals surface area contributed by atoms with E-state index in [2.05, 4.69) is 34.1 Å². The molecule has 3 aliphatic rings. The predicted octanol–water partition coefficient (Wildman–Crippen LogP) is 3.30. The highest BCUT2D eigenvalue weighted by Gasteiger charge is 2.50. The molecule has 2 aromatic carbocycles. The minimum Gasteiger partial charge on any atom is -0.357 e. The largest absolute Gasteiger partial charge is 0.357 e. The number of nitrogens with one attached hydrogen (secondary N) is 1. The smallest absolute Gasteiger partial charge is 0.243 e. The van der Waals surface area contributed by atoms with Crippen molar-refractivity contribution in [1.29, 1.82) is 0 Å². The second kappa shape index (κ2) is 6.17. The fourth-order valence-electron chi connectivity index (χ4n) is 5.72. The first-order valence-corrected chi connectivity index (χ1v) is 11.9. The van der Waals surface area contributed by atoms with Gasteiger partial charge in [0.2, 0.25) is 10.0 Å². The SMILES string of the molecule is Cc1ccc(S(=O)(=O)N2C[C@@H]3CC4Cc5c([nH]c6ccccc56)CN4[C@@H]3C2)cc1. The number of para-hydroxylation sites is 1. The number of hydrogen-bond acceptors (Lipinski definition) is 3. The Bertz CT molecular complexity index is 1200. The van der Waals surface area contributed by atoms with Crippen molar-refractivity contribution in [3.05, 3.63) is 65.4 Å². The molecule has 29 heavy (non-hydrogen) atoms. The van der Waals surface area contributed by atoms with E-state index in [1.54, 1.807) is 16.4 Å². The van der Waals surface area contributed by atoms with Crippen LogP contribution in [0, 0.1) is 12.8 Å². The van der Waals surface area contributed by atoms with Gasteiger partial charge in [0.25, 0.3) is 0 Å². The number of fused-ring (bicyclic) bond motifs is 6. The normalized spacial score (nSPS) is 27.1. The molecule has 5 nitrogen and oxygen atoms in total. The summed E-state index contributed by atoms with van der Waals surface area (Å²) in [5, 5.41) is 1.35. The summed E-state index contributed by atoms with van der Waals surface area (Å²) in [7, 11) is -3.42. The van der Waals surface area contributed by atoms with Crippen LogP contribution in [0.5, 0.6) is 0 Å². The Hall–Kier alpha value is -2.15. The minimum atomic E-state index is -3.42. The van der Waals surface area contributed by atoms with Gasteiger partial charge in [-0.2, -0.15) is 4.31 Å². The van der Waals surface area contributed by atoms with E-state index in [-0.39, 0.29) is 0 Å². The number of nitrogens with zero attached hydrogens (tertiary/aromatic N) is 2. The summed E-state index contributed by atoms with van der Waals surface area (Å²) in [6.45, 7) is 4.12. The lowest BCUT2D eigenvalue weighted by Crippen LogP contribution is -2.43. The van der Waals surface area contributed by atoms with E-state index in [1.807, 2.05) is 19.1 Å². The number of aryl methyl sites for hydroxylation is 1. The zero-order valence-electron chi connectivity index (χ0n) is 16.5. The lowest BCUT2D eigenvalue weighted by atomic mass is 9.95. The molecule has 6 heteroatoms. The monoisotopic (exact) mass is 407 g/mol. The average molecular weight is 408 g/mol. The van der Waals surface area contributed by atoms with Crippen molar-refractivity contribution in [2.24, 2.45) is 5.92 Å². The van der Waals surface area contributed by atoms with Crippen molar-refractivity contribution in [3.8, 4) is 0 Å². The molecule has 2 fully saturated rings. The number of sulfonamides is 1. The number of benzene rings is 2. The van der Waals surface area contributed by atoms with Crippen molar-refractivity contribution in [2.45, 2.75) is 43.3 Å². The van der Waals surface area contributed by atoms with Crippen LogP contribution in [0.4, 0.5) is 0 Å². The van der Waals surface area contributed by atoms with E-state index in [0.717, 1.165) is 24.9 Å². The average Bonchev–Trinajstić information content (AvgIpc) is 3.37. The molecule has 150 valence electrons. The highest BCUT2D eigenvalue weighted by molar-refractivity contribution is 7.89. The summed E-state index contributed by atoms with van der Waals surface area (Å²) < 4.78 is 28.0. The van der Waals surface area contributed by atoms with Gasteiger partial charge in [0.05, 0.1) is 4.90 Å². The van der Waals surface area contributed by atoms with Crippen molar-refractivity contribution in [2.75, 3.05) is 13.1 Å². The number of rotatable bonds is 2. The zero-order valence-corrected chi connectivity index (χ0v) is 17.3. The van der Waals surface area contributed by atoms with E-state index in [0.29, 0.717) is 36.0 Å². The van der Waals surface area contributed by atoms with Gasteiger partial charge in [0.1, 0.15) is 0 Å². The highest BCUT2D eigenvalue weighted by atomic mass is 32.2. The molecule has 0 saturated carbocycles. The molecule has 2 saturated heterocycles. The van der Waals surface area contributed by atoms with Crippen molar-refractivity contribution in [3.63, 3.8) is 0 Å². The van der Waals surface area contributed by atoms with Crippen molar-refractivity contribution < 1.29 is 8.42 Å². The first kappa shape index (κ1) is 17.7. The van der Waals surface area contributed by atoms with E-state index in [1.165, 1.54) is 22.2 Å². The number of aromatic amines is 1. The zero-order chi connectivity index (χ0) is 19.8. The lowest BCUT2D eigenvalue weighted by Gasteiger charge is -2.34. The molecule has 6 rings (SSSR count). The molecule has 0 spiro atoms. The highest BCUT2D eigenvalue weighted by Crippen LogP contribution is 2.43. The maximum atomic E-state index is 13.2. The van der Waals surface area contributed by atoms with Crippen LogP contribution in [0.25, 0.3) is 10.9 Å². The van der Waals surface area contributed by atoms with Gasteiger partial charge in [-0.25, -0.2) is 8.42 Å². The van der Waals surface area contributed by atoms with Crippen LogP contribution < -0.4 is 0 Å². The fourth-order valence-corrected chi connectivity index (χ4v) is 7.24. The van der Waals surface area contributed by atoms with Gasteiger partial charge in [0, 0.05) is 48.3 Å². The van der Waals surface area contributed by atoms with Crippen LogP contribution in [0.15, 0.2) is 53.4 Å². The van der Waals surface area contributed by atoms with Crippen LogP contribution in [-0.2, 0) is 23.0 Å². The van der Waals surface area contributed by atoms with Gasteiger partial charge in [-0.1, -0.05) is 35.9 Å². The molecule has 0 amide bonds. The fraction of sp³-hybridized carbons (Fsp3) is 0.391. The minimum absolute atomic E-state index is 0.319. The molecule has 0 radical (unpaired) electrons. The van der Waals surface area contributed by atoms with Crippen LogP contribution in [0.2, 0.25) is 0 Å². The van der Waals surface area contributed by atoms with E-state index in [9.17, 15) is 8.42 Å². The lowest BCUT2D eigenvalue weighted by molar-refractivity contribution is 0.163. The summed E-state index contributed by atoms with van der Waals surface area (Å²) in [5.41, 5.74) is 5.06. The third-order valence-electron chi connectivity index (χ3n) is 7.18. The summed E-state index contributed by atoms with van der Waals surface area (Å²) in [5.74, 6) is 0.426. The van der Waals surface area contributed by atoms with E-state index in [4.69, 9.17) is 0 Å². The second-order valence-corrected chi connectivity index (χ2v) is 10.8. The summed E-state index contributed by atoms with van der Waals surface area (Å²) in [6.07, 6.45) is 2.15. The molecule has 4 heterocycles. The molecule has 3 aliphatic heterocycles. The topological polar surface area (TPSA) is 56.4 Å². The standard InChI is InChI=1S/C23H25N3O2S/c1-15-6-8-18(9-7-15)29(27,28)25-12-16-10-17-11-20-19-4-2-3-5-21(19)24-22(20)13-26(17)23(16)14-25/h2-9,16-17,23-24H,10-14H2,1H3/t16-,17?,23+/m0/s1. The Balaban J connectivity index is 1.27. The van der Waals surface area contributed by atoms with Gasteiger partial charge in [-0.15, -0.1) is 0 Å². The molecule has 1 N–H and O–H groups in total. The molecule has 3 aromatic rings. The maximum absolute atomic E-state index is 13.2.